The number of nitrogens with two attached hydrogens (primary N) is 1. The third-order valence-corrected chi connectivity index (χ3v) is 3.11. The molecule has 0 unspecified atom stereocenters. The molecule has 0 saturated heterocycles. The van der Waals surface area contributed by atoms with Crippen LogP contribution in [0.4, 0.5) is 5.69 Å². The topological polar surface area (TPSA) is 108 Å². The molecule has 6 heteroatoms. The molecule has 0 heterocycles. The summed E-state index contributed by atoms with van der Waals surface area (Å²) in [6.07, 6.45) is 0. The molecular formula is C15H15N3O3. The number of oxime groups is 1. The molecular weight excluding hydrogens is 270 g/mol. The summed E-state index contributed by atoms with van der Waals surface area (Å²) >= 11 is 0. The van der Waals surface area contributed by atoms with Crippen molar-refractivity contribution in [2.75, 3.05) is 5.32 Å². The molecule has 0 radical (unpaired) electrons. The molecule has 21 heavy (non-hydrogen) atoms. The number of phenolic OH excluding ortho intramolecular Hbond substituents is 1. The van der Waals surface area contributed by atoms with Crippen molar-refractivity contribution in [2.45, 2.75) is 6.92 Å². The highest BCUT2D eigenvalue weighted by Crippen LogP contribution is 2.22. The van der Waals surface area contributed by atoms with Crippen LogP contribution in [0.3, 0.4) is 0 Å². The van der Waals surface area contributed by atoms with Crippen molar-refractivity contribution in [3.05, 3.63) is 59.2 Å². The predicted molar refractivity (Wildman–Crippen MR) is 79.7 cm³/mol. The summed E-state index contributed by atoms with van der Waals surface area (Å²) in [6, 6.07) is 11.4. The fraction of sp³-hybridized carbons (Fsp3) is 0.0667. The minimum atomic E-state index is -0.387. The van der Waals surface area contributed by atoms with E-state index in [0.717, 1.165) is 0 Å². The zero-order valence-electron chi connectivity index (χ0n) is 11.4. The van der Waals surface area contributed by atoms with Crippen LogP contribution < -0.4 is 11.1 Å². The van der Waals surface area contributed by atoms with Gasteiger partial charge in [0.15, 0.2) is 5.84 Å². The minimum Gasteiger partial charge on any atom is -0.508 e. The van der Waals surface area contributed by atoms with E-state index in [4.69, 9.17) is 10.9 Å². The molecule has 0 atom stereocenters. The quantitative estimate of drug-likeness (QED) is 0.299. The predicted octanol–water partition coefficient (Wildman–Crippen LogP) is 2.05. The molecule has 2 aromatic rings. The van der Waals surface area contributed by atoms with Crippen LogP contribution >= 0.6 is 0 Å². The Morgan fingerprint density at radius 3 is 2.52 bits per heavy atom. The Bertz CT molecular complexity index is 711. The number of aromatic hydroxyl groups is 1. The summed E-state index contributed by atoms with van der Waals surface area (Å²) in [6.45, 7) is 1.65. The molecule has 0 aromatic heterocycles. The monoisotopic (exact) mass is 285 g/mol. The van der Waals surface area contributed by atoms with Gasteiger partial charge in [0.2, 0.25) is 0 Å². The van der Waals surface area contributed by atoms with Gasteiger partial charge in [-0.3, -0.25) is 4.79 Å². The molecule has 2 aromatic carbocycles. The lowest BCUT2D eigenvalue weighted by Crippen LogP contribution is -2.19. The number of nitrogens with one attached hydrogen (secondary N) is 1. The number of amides is 1. The van der Waals surface area contributed by atoms with Crippen molar-refractivity contribution >= 4 is 17.4 Å². The van der Waals surface area contributed by atoms with E-state index in [0.29, 0.717) is 22.4 Å². The van der Waals surface area contributed by atoms with Crippen LogP contribution in [0.15, 0.2) is 47.6 Å². The van der Waals surface area contributed by atoms with E-state index in [9.17, 15) is 9.90 Å². The lowest BCUT2D eigenvalue weighted by Gasteiger charge is -2.11. The van der Waals surface area contributed by atoms with E-state index in [1.54, 1.807) is 43.3 Å². The Labute approximate surface area is 121 Å². The molecule has 0 aliphatic carbocycles. The number of carbonyl (C=O) groups excluding carboxylic acids is 1. The van der Waals surface area contributed by atoms with Crippen molar-refractivity contribution in [1.29, 1.82) is 0 Å². The van der Waals surface area contributed by atoms with E-state index >= 15 is 0 Å². The fourth-order valence-electron chi connectivity index (χ4n) is 1.93. The summed E-state index contributed by atoms with van der Waals surface area (Å²) in [5.41, 5.74) is 7.23. The van der Waals surface area contributed by atoms with Gasteiger partial charge >= 0.3 is 0 Å². The molecule has 5 N–H and O–H groups in total. The zero-order valence-corrected chi connectivity index (χ0v) is 11.4. The molecule has 0 spiro atoms. The first-order chi connectivity index (χ1) is 10.0. The van der Waals surface area contributed by atoms with Crippen molar-refractivity contribution in [1.82, 2.24) is 0 Å². The van der Waals surface area contributed by atoms with Gasteiger partial charge in [0.05, 0.1) is 5.69 Å². The van der Waals surface area contributed by atoms with Gasteiger partial charge in [0, 0.05) is 16.7 Å². The fourth-order valence-corrected chi connectivity index (χ4v) is 1.93. The largest absolute Gasteiger partial charge is 0.508 e. The number of anilines is 1. The molecule has 0 fully saturated rings. The Morgan fingerprint density at radius 2 is 1.81 bits per heavy atom. The van der Waals surface area contributed by atoms with E-state index in [1.165, 1.54) is 6.07 Å². The van der Waals surface area contributed by atoms with Crippen LogP contribution in [-0.4, -0.2) is 22.1 Å². The third kappa shape index (κ3) is 2.94. The maximum Gasteiger partial charge on any atom is 0.256 e. The Balaban J connectivity index is 2.35. The van der Waals surface area contributed by atoms with Gasteiger partial charge in [0.1, 0.15) is 5.75 Å². The van der Waals surface area contributed by atoms with Gasteiger partial charge in [-0.2, -0.15) is 0 Å². The highest BCUT2D eigenvalue weighted by molar-refractivity contribution is 6.10. The second-order valence-corrected chi connectivity index (χ2v) is 4.43. The van der Waals surface area contributed by atoms with Crippen LogP contribution in [0.5, 0.6) is 5.75 Å². The van der Waals surface area contributed by atoms with Gasteiger partial charge in [-0.15, -0.1) is 0 Å². The van der Waals surface area contributed by atoms with E-state index < -0.39 is 0 Å². The number of amidine groups is 1. The van der Waals surface area contributed by atoms with Gasteiger partial charge in [0.25, 0.3) is 5.91 Å². The van der Waals surface area contributed by atoms with Gasteiger partial charge in [-0.05, 0) is 31.2 Å². The second kappa shape index (κ2) is 5.96. The normalized spacial score (nSPS) is 11.2. The summed E-state index contributed by atoms with van der Waals surface area (Å²) < 4.78 is 0. The Hall–Kier alpha value is -3.02. The van der Waals surface area contributed by atoms with E-state index in [-0.39, 0.29) is 17.5 Å². The van der Waals surface area contributed by atoms with Crippen LogP contribution in [0.2, 0.25) is 0 Å². The molecule has 0 bridgehead atoms. The first kappa shape index (κ1) is 14.4. The van der Waals surface area contributed by atoms with Crippen molar-refractivity contribution < 1.29 is 15.1 Å². The number of nitrogens with zero attached hydrogens (tertiary/aromatic N) is 1. The first-order valence-corrected chi connectivity index (χ1v) is 6.21. The van der Waals surface area contributed by atoms with E-state index in [1.807, 2.05) is 0 Å². The van der Waals surface area contributed by atoms with Gasteiger partial charge in [-0.1, -0.05) is 23.4 Å². The lowest BCUT2D eigenvalue weighted by molar-refractivity contribution is 0.102. The molecule has 108 valence electrons. The summed E-state index contributed by atoms with van der Waals surface area (Å²) in [7, 11) is 0. The van der Waals surface area contributed by atoms with Crippen LogP contribution in [-0.2, 0) is 0 Å². The first-order valence-electron chi connectivity index (χ1n) is 6.21. The van der Waals surface area contributed by atoms with E-state index in [2.05, 4.69) is 10.5 Å². The minimum absolute atomic E-state index is 0.0485. The van der Waals surface area contributed by atoms with Gasteiger partial charge in [-0.25, -0.2) is 0 Å². The number of benzene rings is 2. The molecule has 6 nitrogen and oxygen atoms in total. The second-order valence-electron chi connectivity index (χ2n) is 4.43. The van der Waals surface area contributed by atoms with Crippen molar-refractivity contribution in [3.8, 4) is 5.75 Å². The van der Waals surface area contributed by atoms with Crippen molar-refractivity contribution in [3.63, 3.8) is 0 Å². The number of rotatable bonds is 3. The average molecular weight is 285 g/mol. The number of phenols is 1. The maximum absolute atomic E-state index is 12.3. The highest BCUT2D eigenvalue weighted by atomic mass is 16.4. The summed E-state index contributed by atoms with van der Waals surface area (Å²) in [5, 5.41) is 24.0. The average Bonchev–Trinajstić information content (AvgIpc) is 2.49. The van der Waals surface area contributed by atoms with Crippen molar-refractivity contribution in [2.24, 2.45) is 10.9 Å². The maximum atomic E-state index is 12.3. The van der Waals surface area contributed by atoms with Crippen LogP contribution in [0.25, 0.3) is 0 Å². The number of hydrogen-bond donors (Lipinski definition) is 4. The zero-order chi connectivity index (χ0) is 15.4. The lowest BCUT2D eigenvalue weighted by atomic mass is 10.1. The molecule has 2 rings (SSSR count). The Morgan fingerprint density at radius 1 is 1.14 bits per heavy atom. The van der Waals surface area contributed by atoms with Crippen LogP contribution in [0.1, 0.15) is 21.5 Å². The molecule has 0 saturated carbocycles. The number of carbonyl (C=O) groups is 1. The smallest absolute Gasteiger partial charge is 0.256 e. The molecule has 0 aliphatic heterocycles. The number of hydrogen-bond acceptors (Lipinski definition) is 4. The van der Waals surface area contributed by atoms with Crippen LogP contribution in [0, 0.1) is 6.92 Å². The summed E-state index contributed by atoms with van der Waals surface area (Å²) in [5.74, 6) is -0.438. The Kier molecular flexibility index (Phi) is 4.08. The standard InChI is InChI=1S/C15H15N3O3/c1-9-10(6-4-8-13(9)19)15(20)17-12-7-3-2-5-11(12)14(16)18-21/h2-8,19,21H,1H3,(H2,16,18)(H,17,20). The summed E-state index contributed by atoms with van der Waals surface area (Å²) in [4.78, 5) is 12.3. The highest BCUT2D eigenvalue weighted by Gasteiger charge is 2.14. The molecule has 0 aliphatic rings. The SMILES string of the molecule is Cc1c(O)cccc1C(=O)Nc1ccccc1/C(N)=N/O. The number of para-hydroxylation sites is 1. The molecule has 1 amide bonds. The third-order valence-electron chi connectivity index (χ3n) is 3.11. The van der Waals surface area contributed by atoms with Gasteiger partial charge < -0.3 is 21.4 Å².